The molecule has 1 aliphatic rings. The molecule has 1 aromatic carbocycles. The van der Waals surface area contributed by atoms with Crippen LogP contribution in [0.15, 0.2) is 24.3 Å². The van der Waals surface area contributed by atoms with Gasteiger partial charge in [0.15, 0.2) is 0 Å². The first kappa shape index (κ1) is 11.3. The topological polar surface area (TPSA) is 57.6 Å². The molecule has 0 aromatic heterocycles. The van der Waals surface area contributed by atoms with Gasteiger partial charge in [0, 0.05) is 6.54 Å². The highest BCUT2D eigenvalue weighted by atomic mass is 79.9. The van der Waals surface area contributed by atoms with Crippen molar-refractivity contribution in [1.29, 1.82) is 0 Å². The van der Waals surface area contributed by atoms with E-state index in [4.69, 9.17) is 5.11 Å². The van der Waals surface area contributed by atoms with E-state index in [9.17, 15) is 9.59 Å². The van der Waals surface area contributed by atoms with Crippen molar-refractivity contribution in [3.63, 3.8) is 0 Å². The number of benzene rings is 1. The van der Waals surface area contributed by atoms with Gasteiger partial charge in [-0.15, -0.1) is 0 Å². The highest BCUT2D eigenvalue weighted by molar-refractivity contribution is 9.09. The summed E-state index contributed by atoms with van der Waals surface area (Å²) in [5.74, 6) is -1.01. The van der Waals surface area contributed by atoms with Gasteiger partial charge in [-0.3, -0.25) is 9.59 Å². The van der Waals surface area contributed by atoms with Crippen LogP contribution in [0.25, 0.3) is 0 Å². The fraction of sp³-hybridized carbons (Fsp3) is 0.273. The van der Waals surface area contributed by atoms with Crippen molar-refractivity contribution in [1.82, 2.24) is 0 Å². The summed E-state index contributed by atoms with van der Waals surface area (Å²) in [5, 5.41) is 8.93. The van der Waals surface area contributed by atoms with Crippen LogP contribution in [-0.4, -0.2) is 34.8 Å². The van der Waals surface area contributed by atoms with Crippen molar-refractivity contribution in [2.45, 2.75) is 4.83 Å². The third-order valence-corrected chi connectivity index (χ3v) is 3.04. The number of para-hydroxylation sites is 1. The number of hydrogen-bond donors (Lipinski definition) is 1. The summed E-state index contributed by atoms with van der Waals surface area (Å²) in [6, 6.07) is 6.87. The van der Waals surface area contributed by atoms with Gasteiger partial charge in [0.2, 0.25) is 0 Å². The van der Waals surface area contributed by atoms with Crippen molar-refractivity contribution < 1.29 is 14.7 Å². The predicted octanol–water partition coefficient (Wildman–Crippen LogP) is 0.972. The average molecular weight is 284 g/mol. The fourth-order valence-corrected chi connectivity index (χ4v) is 1.97. The summed E-state index contributed by atoms with van der Waals surface area (Å²) in [6.45, 7) is 0.207. The molecule has 1 amide bonds. The number of amides is 1. The van der Waals surface area contributed by atoms with E-state index in [-0.39, 0.29) is 18.0 Å². The van der Waals surface area contributed by atoms with Crippen LogP contribution < -0.4 is 4.90 Å². The standard InChI is InChI=1S/C11H10BrNO3/c12-7(6-14)5-13-9-4-2-1-3-8(9)10(15)11(13)16/h1-4,7,14H,5-6H2. The van der Waals surface area contributed by atoms with Crippen molar-refractivity contribution in [2.75, 3.05) is 18.1 Å². The molecule has 1 heterocycles. The molecule has 2 rings (SSSR count). The van der Waals surface area contributed by atoms with Crippen molar-refractivity contribution in [3.05, 3.63) is 29.8 Å². The first-order valence-corrected chi connectivity index (χ1v) is 5.77. The van der Waals surface area contributed by atoms with Gasteiger partial charge in [-0.2, -0.15) is 0 Å². The molecule has 1 atom stereocenters. The molecule has 5 heteroatoms. The Balaban J connectivity index is 2.34. The van der Waals surface area contributed by atoms with Crippen LogP contribution in [0.2, 0.25) is 0 Å². The summed E-state index contributed by atoms with van der Waals surface area (Å²) < 4.78 is 0. The zero-order chi connectivity index (χ0) is 11.7. The van der Waals surface area contributed by atoms with Crippen LogP contribution in [0.5, 0.6) is 0 Å². The number of aliphatic hydroxyl groups excluding tert-OH is 1. The number of rotatable bonds is 3. The second-order valence-electron chi connectivity index (χ2n) is 3.54. The number of halogens is 1. The summed E-state index contributed by atoms with van der Waals surface area (Å²) in [5.41, 5.74) is 1.06. The molecule has 0 bridgehead atoms. The normalized spacial score (nSPS) is 16.5. The Bertz CT molecular complexity index is 447. The summed E-state index contributed by atoms with van der Waals surface area (Å²) in [7, 11) is 0. The number of Topliss-reactive ketones (excluding diaryl/α,β-unsaturated/α-hetero) is 1. The molecule has 1 unspecified atom stereocenters. The maximum Gasteiger partial charge on any atom is 0.299 e. The zero-order valence-corrected chi connectivity index (χ0v) is 9.98. The summed E-state index contributed by atoms with van der Waals surface area (Å²) >= 11 is 3.23. The average Bonchev–Trinajstić information content (AvgIpc) is 2.55. The van der Waals surface area contributed by atoms with Gasteiger partial charge in [0.1, 0.15) is 0 Å². The van der Waals surface area contributed by atoms with Gasteiger partial charge in [0.05, 0.1) is 22.7 Å². The summed E-state index contributed by atoms with van der Waals surface area (Å²) in [4.78, 5) is 24.5. The van der Waals surface area contributed by atoms with Crippen LogP contribution in [0.1, 0.15) is 10.4 Å². The van der Waals surface area contributed by atoms with E-state index in [1.54, 1.807) is 24.3 Å². The van der Waals surface area contributed by atoms with E-state index in [0.29, 0.717) is 11.3 Å². The minimum atomic E-state index is -0.529. The Kier molecular flexibility index (Phi) is 3.07. The molecule has 4 nitrogen and oxygen atoms in total. The largest absolute Gasteiger partial charge is 0.395 e. The predicted molar refractivity (Wildman–Crippen MR) is 62.9 cm³/mol. The van der Waals surface area contributed by atoms with E-state index >= 15 is 0 Å². The maximum absolute atomic E-state index is 11.7. The molecule has 0 saturated heterocycles. The number of carbonyl (C=O) groups is 2. The lowest BCUT2D eigenvalue weighted by Crippen LogP contribution is -2.35. The third-order valence-electron chi connectivity index (χ3n) is 2.46. The lowest BCUT2D eigenvalue weighted by Gasteiger charge is -2.18. The Morgan fingerprint density at radius 3 is 2.69 bits per heavy atom. The molecular weight excluding hydrogens is 274 g/mol. The third kappa shape index (κ3) is 1.76. The SMILES string of the molecule is O=C1C(=O)N(CC(Br)CO)c2ccccc21. The van der Waals surface area contributed by atoms with Gasteiger partial charge in [-0.1, -0.05) is 28.1 Å². The first-order valence-electron chi connectivity index (χ1n) is 4.85. The number of aliphatic hydroxyl groups is 1. The van der Waals surface area contributed by atoms with Gasteiger partial charge < -0.3 is 10.0 Å². The van der Waals surface area contributed by atoms with Crippen LogP contribution in [0, 0.1) is 0 Å². The van der Waals surface area contributed by atoms with E-state index in [0.717, 1.165) is 0 Å². The van der Waals surface area contributed by atoms with E-state index in [2.05, 4.69) is 15.9 Å². The molecule has 1 aliphatic heterocycles. The molecule has 0 spiro atoms. The Hall–Kier alpha value is -1.20. The maximum atomic E-state index is 11.7. The number of alkyl halides is 1. The molecule has 0 radical (unpaired) electrons. The highest BCUT2D eigenvalue weighted by Gasteiger charge is 2.35. The highest BCUT2D eigenvalue weighted by Crippen LogP contribution is 2.28. The minimum absolute atomic E-state index is 0.0832. The van der Waals surface area contributed by atoms with E-state index in [1.165, 1.54) is 4.90 Å². The number of carbonyl (C=O) groups excluding carboxylic acids is 2. The van der Waals surface area contributed by atoms with E-state index < -0.39 is 11.7 Å². The molecule has 0 aliphatic carbocycles. The molecule has 0 saturated carbocycles. The van der Waals surface area contributed by atoms with Crippen molar-refractivity contribution in [3.8, 4) is 0 Å². The van der Waals surface area contributed by atoms with Gasteiger partial charge in [0.25, 0.3) is 11.7 Å². The molecule has 1 N–H and O–H groups in total. The summed E-state index contributed by atoms with van der Waals surface area (Å²) in [6.07, 6.45) is 0. The molecule has 84 valence electrons. The number of anilines is 1. The van der Waals surface area contributed by atoms with Crippen LogP contribution in [-0.2, 0) is 4.79 Å². The van der Waals surface area contributed by atoms with Gasteiger partial charge >= 0.3 is 0 Å². The Labute approximate surface area is 101 Å². The van der Waals surface area contributed by atoms with Gasteiger partial charge in [-0.05, 0) is 12.1 Å². The quantitative estimate of drug-likeness (QED) is 0.664. The number of fused-ring (bicyclic) bond motifs is 1. The fourth-order valence-electron chi connectivity index (χ4n) is 1.69. The van der Waals surface area contributed by atoms with Crippen molar-refractivity contribution >= 4 is 33.3 Å². The smallest absolute Gasteiger partial charge is 0.299 e. The number of hydrogen-bond acceptors (Lipinski definition) is 3. The zero-order valence-electron chi connectivity index (χ0n) is 8.39. The molecule has 16 heavy (non-hydrogen) atoms. The molecule has 0 fully saturated rings. The monoisotopic (exact) mass is 283 g/mol. The number of ketones is 1. The van der Waals surface area contributed by atoms with Crippen LogP contribution in [0.3, 0.4) is 0 Å². The second kappa shape index (κ2) is 4.35. The van der Waals surface area contributed by atoms with E-state index in [1.807, 2.05) is 0 Å². The second-order valence-corrected chi connectivity index (χ2v) is 4.84. The lowest BCUT2D eigenvalue weighted by atomic mass is 10.1. The molecular formula is C11H10BrNO3. The minimum Gasteiger partial charge on any atom is -0.395 e. The number of nitrogens with zero attached hydrogens (tertiary/aromatic N) is 1. The van der Waals surface area contributed by atoms with Crippen molar-refractivity contribution in [2.24, 2.45) is 0 Å². The van der Waals surface area contributed by atoms with Gasteiger partial charge in [-0.25, -0.2) is 0 Å². The van der Waals surface area contributed by atoms with Crippen LogP contribution in [0.4, 0.5) is 5.69 Å². The Morgan fingerprint density at radius 2 is 2.00 bits per heavy atom. The van der Waals surface area contributed by atoms with Crippen LogP contribution >= 0.6 is 15.9 Å². The molecule has 1 aromatic rings. The lowest BCUT2D eigenvalue weighted by molar-refractivity contribution is -0.114. The first-order chi connectivity index (χ1) is 7.65. The Morgan fingerprint density at radius 1 is 1.31 bits per heavy atom.